The third kappa shape index (κ3) is 4.30. The second-order valence-corrected chi connectivity index (χ2v) is 9.14. The van der Waals surface area contributed by atoms with E-state index in [4.69, 9.17) is 4.74 Å². The van der Waals surface area contributed by atoms with Crippen molar-refractivity contribution >= 4 is 10.9 Å². The average molecular weight is 506 g/mol. The Labute approximate surface area is 209 Å². The van der Waals surface area contributed by atoms with Crippen molar-refractivity contribution in [2.75, 3.05) is 7.11 Å². The van der Waals surface area contributed by atoms with Crippen LogP contribution in [-0.2, 0) is 19.6 Å². The van der Waals surface area contributed by atoms with Gasteiger partial charge in [-0.15, -0.1) is 0 Å². The zero-order chi connectivity index (χ0) is 25.7. The summed E-state index contributed by atoms with van der Waals surface area (Å²) in [5, 5.41) is 8.44. The molecule has 5 aromatic rings. The number of hydrogen-bond donors (Lipinski definition) is 1. The van der Waals surface area contributed by atoms with E-state index in [-0.39, 0.29) is 5.82 Å². The maximum atomic E-state index is 13.0. The number of nitrogens with one attached hydrogen (secondary N) is 1. The third-order valence-electron chi connectivity index (χ3n) is 6.53. The van der Waals surface area contributed by atoms with Crippen molar-refractivity contribution in [3.63, 3.8) is 0 Å². The fourth-order valence-electron chi connectivity index (χ4n) is 4.52. The smallest absolute Gasteiger partial charge is 0.434 e. The molecule has 1 aromatic carbocycles. The van der Waals surface area contributed by atoms with Crippen LogP contribution in [0.1, 0.15) is 41.4 Å². The van der Waals surface area contributed by atoms with Crippen molar-refractivity contribution in [1.82, 2.24) is 34.7 Å². The van der Waals surface area contributed by atoms with Crippen LogP contribution < -0.4 is 4.74 Å². The number of benzene rings is 1. The standard InChI is InChI=1S/C26H22F3N7O/c1-36-12-21(26(27,28)29)33-24(36)16-5-3-14(4-6-16)9-18-17-10-19(30-11-20(17)35-34-18)22-23(15-7-8-15)31-13-32-25(22)37-2/h3-6,10-13,15H,7-9H2,1-2H3,(H,34,35). The second kappa shape index (κ2) is 8.68. The van der Waals surface area contributed by atoms with Crippen LogP contribution in [0.5, 0.6) is 5.88 Å². The van der Waals surface area contributed by atoms with E-state index < -0.39 is 11.9 Å². The Kier molecular flexibility index (Phi) is 5.43. The normalized spacial score (nSPS) is 13.9. The van der Waals surface area contributed by atoms with Crippen molar-refractivity contribution < 1.29 is 17.9 Å². The molecule has 0 radical (unpaired) electrons. The van der Waals surface area contributed by atoms with Crippen molar-refractivity contribution in [2.24, 2.45) is 7.05 Å². The van der Waals surface area contributed by atoms with Gasteiger partial charge in [0.25, 0.3) is 0 Å². The number of rotatable bonds is 6. The zero-order valence-electron chi connectivity index (χ0n) is 20.0. The SMILES string of the molecule is COc1ncnc(C2CC2)c1-c1cc2c(Cc3ccc(-c4nc(C(F)(F)F)cn4C)cc3)n[nH]c2cn1. The lowest BCUT2D eigenvalue weighted by atomic mass is 10.0. The van der Waals surface area contributed by atoms with Crippen LogP contribution in [0.15, 0.2) is 49.1 Å². The van der Waals surface area contributed by atoms with E-state index in [1.807, 2.05) is 18.2 Å². The van der Waals surface area contributed by atoms with E-state index in [2.05, 4.69) is 30.1 Å². The van der Waals surface area contributed by atoms with Gasteiger partial charge in [0.15, 0.2) is 5.69 Å². The molecule has 0 atom stereocenters. The van der Waals surface area contributed by atoms with E-state index in [9.17, 15) is 13.2 Å². The number of halogens is 3. The summed E-state index contributed by atoms with van der Waals surface area (Å²) in [6.07, 6.45) is 2.46. The monoisotopic (exact) mass is 505 g/mol. The number of H-pyrrole nitrogens is 1. The molecule has 1 aliphatic rings. The number of alkyl halides is 3. The second-order valence-electron chi connectivity index (χ2n) is 9.14. The number of nitrogens with zero attached hydrogens (tertiary/aromatic N) is 6. The molecule has 1 saturated carbocycles. The van der Waals surface area contributed by atoms with Crippen molar-refractivity contribution in [3.8, 4) is 28.5 Å². The van der Waals surface area contributed by atoms with Crippen LogP contribution in [0.2, 0.25) is 0 Å². The van der Waals surface area contributed by atoms with Crippen molar-refractivity contribution in [3.05, 3.63) is 71.7 Å². The molecular formula is C26H22F3N7O. The largest absolute Gasteiger partial charge is 0.480 e. The Morgan fingerprint density at radius 1 is 1.11 bits per heavy atom. The third-order valence-corrected chi connectivity index (χ3v) is 6.53. The van der Waals surface area contributed by atoms with Gasteiger partial charge in [0.05, 0.1) is 41.5 Å². The van der Waals surface area contributed by atoms with Gasteiger partial charge in [0, 0.05) is 36.5 Å². The first-order chi connectivity index (χ1) is 17.8. The van der Waals surface area contributed by atoms with Crippen LogP contribution in [0.3, 0.4) is 0 Å². The number of fused-ring (bicyclic) bond motifs is 1. The summed E-state index contributed by atoms with van der Waals surface area (Å²) in [6, 6.07) is 9.27. The molecule has 1 aliphatic carbocycles. The number of aromatic amines is 1. The first-order valence-electron chi connectivity index (χ1n) is 11.7. The lowest BCUT2D eigenvalue weighted by Gasteiger charge is -2.11. The predicted molar refractivity (Wildman–Crippen MR) is 130 cm³/mol. The minimum atomic E-state index is -4.49. The van der Waals surface area contributed by atoms with E-state index >= 15 is 0 Å². The van der Waals surface area contributed by atoms with Gasteiger partial charge in [-0.1, -0.05) is 24.3 Å². The highest BCUT2D eigenvalue weighted by Crippen LogP contribution is 2.45. The molecule has 0 unspecified atom stereocenters. The lowest BCUT2D eigenvalue weighted by Crippen LogP contribution is -2.04. The number of hydrogen-bond acceptors (Lipinski definition) is 6. The van der Waals surface area contributed by atoms with Gasteiger partial charge in [-0.05, 0) is 24.5 Å². The number of methoxy groups -OCH3 is 1. The Bertz CT molecular complexity index is 1600. The Balaban J connectivity index is 1.31. The number of aromatic nitrogens is 7. The summed E-state index contributed by atoms with van der Waals surface area (Å²) in [7, 11) is 3.14. The molecule has 0 amide bonds. The summed E-state index contributed by atoms with van der Waals surface area (Å²) >= 11 is 0. The number of imidazole rings is 1. The summed E-state index contributed by atoms with van der Waals surface area (Å²) in [4.78, 5) is 17.2. The van der Waals surface area contributed by atoms with E-state index in [1.54, 1.807) is 32.5 Å². The fraction of sp³-hybridized carbons (Fsp3) is 0.269. The van der Waals surface area contributed by atoms with E-state index in [1.165, 1.54) is 10.9 Å². The molecule has 6 rings (SSSR count). The summed E-state index contributed by atoms with van der Waals surface area (Å²) in [6.45, 7) is 0. The van der Waals surface area contributed by atoms with Crippen LogP contribution >= 0.6 is 0 Å². The molecule has 188 valence electrons. The quantitative estimate of drug-likeness (QED) is 0.336. The molecule has 11 heteroatoms. The molecular weight excluding hydrogens is 483 g/mol. The van der Waals surface area contributed by atoms with Crippen LogP contribution in [0.4, 0.5) is 13.2 Å². The average Bonchev–Trinajstić information content (AvgIpc) is 3.55. The maximum Gasteiger partial charge on any atom is 0.434 e. The molecule has 1 N–H and O–H groups in total. The first-order valence-corrected chi connectivity index (χ1v) is 11.7. The highest BCUT2D eigenvalue weighted by molar-refractivity contribution is 5.86. The van der Waals surface area contributed by atoms with Crippen LogP contribution in [0.25, 0.3) is 33.5 Å². The van der Waals surface area contributed by atoms with Gasteiger partial charge in [-0.2, -0.15) is 18.3 Å². The van der Waals surface area contributed by atoms with Crippen molar-refractivity contribution in [2.45, 2.75) is 31.4 Å². The van der Waals surface area contributed by atoms with Crippen LogP contribution in [-0.4, -0.2) is 41.8 Å². The topological polar surface area (TPSA) is 94.4 Å². The molecule has 8 nitrogen and oxygen atoms in total. The van der Waals surface area contributed by atoms with E-state index in [0.29, 0.717) is 23.8 Å². The highest BCUT2D eigenvalue weighted by Gasteiger charge is 2.34. The molecule has 4 aromatic heterocycles. The Hall–Kier alpha value is -4.28. The first kappa shape index (κ1) is 23.1. The van der Waals surface area contributed by atoms with E-state index in [0.717, 1.165) is 58.2 Å². The lowest BCUT2D eigenvalue weighted by molar-refractivity contribution is -0.140. The summed E-state index contributed by atoms with van der Waals surface area (Å²) in [5.41, 5.74) is 4.75. The van der Waals surface area contributed by atoms with Gasteiger partial charge in [0.2, 0.25) is 5.88 Å². The van der Waals surface area contributed by atoms with Crippen molar-refractivity contribution in [1.29, 1.82) is 0 Å². The van der Waals surface area contributed by atoms with Gasteiger partial charge >= 0.3 is 6.18 Å². The van der Waals surface area contributed by atoms with Gasteiger partial charge < -0.3 is 9.30 Å². The van der Waals surface area contributed by atoms with Gasteiger partial charge in [0.1, 0.15) is 12.2 Å². The van der Waals surface area contributed by atoms with Gasteiger partial charge in [-0.3, -0.25) is 10.1 Å². The highest BCUT2D eigenvalue weighted by atomic mass is 19.4. The fourth-order valence-corrected chi connectivity index (χ4v) is 4.52. The maximum absolute atomic E-state index is 13.0. The van der Waals surface area contributed by atoms with Crippen LogP contribution in [0, 0.1) is 0 Å². The Morgan fingerprint density at radius 2 is 1.89 bits per heavy atom. The zero-order valence-corrected chi connectivity index (χ0v) is 20.0. The molecule has 1 fully saturated rings. The Morgan fingerprint density at radius 3 is 2.57 bits per heavy atom. The molecule has 0 aliphatic heterocycles. The molecule has 37 heavy (non-hydrogen) atoms. The minimum Gasteiger partial charge on any atom is -0.480 e. The number of pyridine rings is 1. The molecule has 0 saturated heterocycles. The minimum absolute atomic E-state index is 0.255. The summed E-state index contributed by atoms with van der Waals surface area (Å²) < 4.78 is 46.0. The number of aryl methyl sites for hydroxylation is 1. The summed E-state index contributed by atoms with van der Waals surface area (Å²) in [5.74, 6) is 1.13. The van der Waals surface area contributed by atoms with Gasteiger partial charge in [-0.25, -0.2) is 15.0 Å². The molecule has 0 spiro atoms. The molecule has 0 bridgehead atoms. The number of ether oxygens (including phenoxy) is 1. The predicted octanol–water partition coefficient (Wildman–Crippen LogP) is 5.31. The molecule has 4 heterocycles.